The van der Waals surface area contributed by atoms with Gasteiger partial charge in [0.15, 0.2) is 5.82 Å². The van der Waals surface area contributed by atoms with E-state index in [0.717, 1.165) is 18.3 Å². The molecule has 0 unspecified atom stereocenters. The van der Waals surface area contributed by atoms with Crippen LogP contribution < -0.4 is 10.6 Å². The molecule has 0 atom stereocenters. The fraction of sp³-hybridized carbons (Fsp3) is 0.222. The van der Waals surface area contributed by atoms with Gasteiger partial charge in [0, 0.05) is 28.5 Å². The molecule has 3 aromatic rings. The van der Waals surface area contributed by atoms with Gasteiger partial charge in [-0.1, -0.05) is 11.6 Å². The Morgan fingerprint density at radius 1 is 1.00 bits per heavy atom. The van der Waals surface area contributed by atoms with Gasteiger partial charge >= 0.3 is 6.18 Å². The number of hydrogen-bond acceptors (Lipinski definition) is 6. The van der Waals surface area contributed by atoms with Crippen LogP contribution in [0.4, 0.5) is 35.1 Å². The molecule has 0 saturated carbocycles. The van der Waals surface area contributed by atoms with Crippen molar-refractivity contribution in [2.24, 2.45) is 0 Å². The third kappa shape index (κ3) is 5.50. The molecule has 0 aliphatic carbocycles. The third-order valence-electron chi connectivity index (χ3n) is 3.48. The molecule has 11 heteroatoms. The van der Waals surface area contributed by atoms with Gasteiger partial charge in [0.25, 0.3) is 0 Å². The van der Waals surface area contributed by atoms with Crippen molar-refractivity contribution in [1.82, 2.24) is 19.9 Å². The van der Waals surface area contributed by atoms with Crippen molar-refractivity contribution in [2.75, 3.05) is 10.6 Å². The molecule has 0 spiro atoms. The van der Waals surface area contributed by atoms with Crippen LogP contribution in [0.15, 0.2) is 36.5 Å². The average molecular weight is 427 g/mol. The number of aromatic nitrogens is 4. The lowest BCUT2D eigenvalue weighted by molar-refractivity contribution is -0.141. The van der Waals surface area contributed by atoms with E-state index in [-0.39, 0.29) is 40.0 Å². The quantitative estimate of drug-likeness (QED) is 0.538. The van der Waals surface area contributed by atoms with Gasteiger partial charge in [0.2, 0.25) is 11.9 Å². The number of halogens is 5. The standard InChI is InChI=1S/C18H15ClF4N6/c1-9(2)25-16-27-15(10-5-11(19)7-12(20)6-10)28-17(29-16)26-13-3-4-24-14(8-13)18(21,22)23/h3-9H,1-2H3,(H2,24,25,26,27,28,29). The molecule has 152 valence electrons. The van der Waals surface area contributed by atoms with E-state index >= 15 is 0 Å². The third-order valence-corrected chi connectivity index (χ3v) is 3.70. The summed E-state index contributed by atoms with van der Waals surface area (Å²) in [6, 6.07) is 5.93. The molecule has 0 aliphatic rings. The second kappa shape index (κ2) is 8.16. The van der Waals surface area contributed by atoms with Gasteiger partial charge < -0.3 is 10.6 Å². The highest BCUT2D eigenvalue weighted by molar-refractivity contribution is 6.30. The Balaban J connectivity index is 2.02. The topological polar surface area (TPSA) is 75.6 Å². The molecule has 0 amide bonds. The fourth-order valence-corrected chi connectivity index (χ4v) is 2.58. The number of rotatable bonds is 5. The first-order valence-electron chi connectivity index (χ1n) is 8.39. The van der Waals surface area contributed by atoms with Gasteiger partial charge in [-0.15, -0.1) is 0 Å². The predicted octanol–water partition coefficient (Wildman–Crippen LogP) is 5.31. The van der Waals surface area contributed by atoms with Crippen LogP contribution in [0.25, 0.3) is 11.4 Å². The minimum Gasteiger partial charge on any atom is -0.352 e. The lowest BCUT2D eigenvalue weighted by atomic mass is 10.2. The highest BCUT2D eigenvalue weighted by Gasteiger charge is 2.32. The smallest absolute Gasteiger partial charge is 0.352 e. The number of hydrogen-bond donors (Lipinski definition) is 2. The summed E-state index contributed by atoms with van der Waals surface area (Å²) in [5.41, 5.74) is -0.690. The second-order valence-electron chi connectivity index (χ2n) is 6.32. The summed E-state index contributed by atoms with van der Waals surface area (Å²) in [7, 11) is 0. The number of pyridine rings is 1. The molecule has 29 heavy (non-hydrogen) atoms. The molecule has 2 heterocycles. The molecule has 1 aromatic carbocycles. The molecule has 0 bridgehead atoms. The zero-order valence-electron chi connectivity index (χ0n) is 15.2. The first-order valence-corrected chi connectivity index (χ1v) is 8.77. The van der Waals surface area contributed by atoms with E-state index in [1.807, 2.05) is 13.8 Å². The summed E-state index contributed by atoms with van der Waals surface area (Å²) >= 11 is 5.90. The number of alkyl halides is 3. The molecule has 3 rings (SSSR count). The number of nitrogens with zero attached hydrogens (tertiary/aromatic N) is 4. The largest absolute Gasteiger partial charge is 0.433 e. The Kier molecular flexibility index (Phi) is 5.83. The van der Waals surface area contributed by atoms with E-state index in [1.54, 1.807) is 0 Å². The Bertz CT molecular complexity index is 1010. The van der Waals surface area contributed by atoms with Gasteiger partial charge in [-0.25, -0.2) is 4.39 Å². The lowest BCUT2D eigenvalue weighted by Gasteiger charge is -2.13. The Hall–Kier alpha value is -3.01. The monoisotopic (exact) mass is 426 g/mol. The summed E-state index contributed by atoms with van der Waals surface area (Å²) in [5.74, 6) is -0.349. The highest BCUT2D eigenvalue weighted by atomic mass is 35.5. The molecule has 0 radical (unpaired) electrons. The van der Waals surface area contributed by atoms with Crippen LogP contribution in [0.1, 0.15) is 19.5 Å². The lowest BCUT2D eigenvalue weighted by Crippen LogP contribution is -2.14. The molecular weight excluding hydrogens is 412 g/mol. The fourth-order valence-electron chi connectivity index (χ4n) is 2.36. The second-order valence-corrected chi connectivity index (χ2v) is 6.75. The van der Waals surface area contributed by atoms with Crippen molar-refractivity contribution >= 4 is 29.2 Å². The first kappa shape index (κ1) is 20.7. The van der Waals surface area contributed by atoms with Crippen molar-refractivity contribution in [3.8, 4) is 11.4 Å². The SMILES string of the molecule is CC(C)Nc1nc(Nc2ccnc(C(F)(F)F)c2)nc(-c2cc(F)cc(Cl)c2)n1. The van der Waals surface area contributed by atoms with Crippen LogP contribution in [0.5, 0.6) is 0 Å². The maximum absolute atomic E-state index is 13.7. The van der Waals surface area contributed by atoms with Crippen LogP contribution in [0.2, 0.25) is 5.02 Å². The van der Waals surface area contributed by atoms with E-state index < -0.39 is 17.7 Å². The molecule has 2 N–H and O–H groups in total. The molecule has 0 saturated heterocycles. The normalized spacial score (nSPS) is 11.6. The zero-order valence-corrected chi connectivity index (χ0v) is 16.0. The van der Waals surface area contributed by atoms with E-state index in [2.05, 4.69) is 30.6 Å². The van der Waals surface area contributed by atoms with E-state index in [1.165, 1.54) is 18.2 Å². The molecule has 6 nitrogen and oxygen atoms in total. The maximum Gasteiger partial charge on any atom is 0.433 e. The maximum atomic E-state index is 13.7. The number of nitrogens with one attached hydrogen (secondary N) is 2. The summed E-state index contributed by atoms with van der Waals surface area (Å²) in [6.45, 7) is 3.71. The minimum absolute atomic E-state index is 0.0298. The van der Waals surface area contributed by atoms with E-state index in [9.17, 15) is 17.6 Å². The van der Waals surface area contributed by atoms with Crippen molar-refractivity contribution < 1.29 is 17.6 Å². The van der Waals surface area contributed by atoms with E-state index in [0.29, 0.717) is 0 Å². The summed E-state index contributed by atoms with van der Waals surface area (Å²) in [4.78, 5) is 15.9. The first-order chi connectivity index (χ1) is 13.6. The van der Waals surface area contributed by atoms with Gasteiger partial charge in [0.05, 0.1) is 0 Å². The predicted molar refractivity (Wildman–Crippen MR) is 102 cm³/mol. The molecule has 0 fully saturated rings. The van der Waals surface area contributed by atoms with Gasteiger partial charge in [0.1, 0.15) is 11.5 Å². The average Bonchev–Trinajstić information content (AvgIpc) is 2.59. The van der Waals surface area contributed by atoms with Gasteiger partial charge in [-0.2, -0.15) is 28.1 Å². The summed E-state index contributed by atoms with van der Waals surface area (Å²) in [6.07, 6.45) is -3.57. The highest BCUT2D eigenvalue weighted by Crippen LogP contribution is 2.30. The van der Waals surface area contributed by atoms with Crippen molar-refractivity contribution in [3.05, 3.63) is 53.1 Å². The zero-order chi connectivity index (χ0) is 21.2. The van der Waals surface area contributed by atoms with Crippen molar-refractivity contribution in [2.45, 2.75) is 26.1 Å². The number of anilines is 3. The Morgan fingerprint density at radius 2 is 1.72 bits per heavy atom. The van der Waals surface area contributed by atoms with Gasteiger partial charge in [-0.3, -0.25) is 4.98 Å². The van der Waals surface area contributed by atoms with Crippen molar-refractivity contribution in [1.29, 1.82) is 0 Å². The minimum atomic E-state index is -4.59. The molecule has 2 aromatic heterocycles. The van der Waals surface area contributed by atoms with Crippen LogP contribution in [0, 0.1) is 5.82 Å². The molecular formula is C18H15ClF4N6. The molecule has 0 aliphatic heterocycles. The number of benzene rings is 1. The summed E-state index contributed by atoms with van der Waals surface area (Å²) in [5, 5.41) is 5.84. The van der Waals surface area contributed by atoms with Crippen LogP contribution in [-0.2, 0) is 6.18 Å². The summed E-state index contributed by atoms with van der Waals surface area (Å²) < 4.78 is 52.4. The van der Waals surface area contributed by atoms with Gasteiger partial charge in [-0.05, 0) is 44.2 Å². The van der Waals surface area contributed by atoms with Crippen LogP contribution in [0.3, 0.4) is 0 Å². The Labute approximate surface area is 168 Å². The van der Waals surface area contributed by atoms with E-state index in [4.69, 9.17) is 11.6 Å². The van der Waals surface area contributed by atoms with Crippen LogP contribution in [-0.4, -0.2) is 26.0 Å². The Morgan fingerprint density at radius 3 is 2.38 bits per heavy atom. The van der Waals surface area contributed by atoms with Crippen molar-refractivity contribution in [3.63, 3.8) is 0 Å². The van der Waals surface area contributed by atoms with Crippen LogP contribution >= 0.6 is 11.6 Å².